The molecule has 2 aromatic heterocycles. The van der Waals surface area contributed by atoms with E-state index in [0.29, 0.717) is 0 Å². The van der Waals surface area contributed by atoms with Gasteiger partial charge in [-0.05, 0) is 74.3 Å². The molecule has 0 unspecified atom stereocenters. The summed E-state index contributed by atoms with van der Waals surface area (Å²) < 4.78 is 9.70. The van der Waals surface area contributed by atoms with Crippen LogP contribution in [0, 0.1) is 0 Å². The van der Waals surface area contributed by atoms with Gasteiger partial charge in [0.05, 0.1) is 11.4 Å². The van der Waals surface area contributed by atoms with Crippen LogP contribution in [0.1, 0.15) is 0 Å². The first-order valence-electron chi connectivity index (χ1n) is 20.1. The molecule has 0 aliphatic carbocycles. The second kappa shape index (κ2) is 13.6. The van der Waals surface area contributed by atoms with Gasteiger partial charge in [0.15, 0.2) is 5.58 Å². The first kappa shape index (κ1) is 33.7. The lowest BCUT2D eigenvalue weighted by molar-refractivity contribution is 0.670. The SMILES string of the molecule is c1ccc(-c2cccc3c2oc2c(N(c4ccc(-c5cccc6c5sc5ccccc56)cc4)c4ccc(-c5cccc6ccccc56)c5ccccc45)cccc23)cc1. The molecule has 0 radical (unpaired) electrons. The molecule has 3 heteroatoms. The molecule has 12 aromatic rings. The summed E-state index contributed by atoms with van der Waals surface area (Å²) in [6.07, 6.45) is 0. The minimum atomic E-state index is 0.854. The number of hydrogen-bond donors (Lipinski definition) is 0. The maximum atomic E-state index is 7.08. The summed E-state index contributed by atoms with van der Waals surface area (Å²) in [5, 5.41) is 9.64. The van der Waals surface area contributed by atoms with E-state index in [9.17, 15) is 0 Å². The van der Waals surface area contributed by atoms with Crippen LogP contribution in [-0.2, 0) is 0 Å². The smallest absolute Gasteiger partial charge is 0.159 e. The highest BCUT2D eigenvalue weighted by molar-refractivity contribution is 7.26. The molecular formula is C56H35NOS. The predicted molar refractivity (Wildman–Crippen MR) is 253 cm³/mol. The summed E-state index contributed by atoms with van der Waals surface area (Å²) in [6, 6.07) is 76.8. The number of rotatable bonds is 6. The van der Waals surface area contributed by atoms with Gasteiger partial charge in [-0.3, -0.25) is 0 Å². The average molecular weight is 770 g/mol. The molecule has 0 saturated heterocycles. The number of fused-ring (bicyclic) bond motifs is 8. The van der Waals surface area contributed by atoms with Crippen molar-refractivity contribution in [2.45, 2.75) is 0 Å². The van der Waals surface area contributed by atoms with E-state index in [-0.39, 0.29) is 0 Å². The van der Waals surface area contributed by atoms with Crippen LogP contribution in [0.3, 0.4) is 0 Å². The van der Waals surface area contributed by atoms with E-state index in [2.05, 4.69) is 217 Å². The Balaban J connectivity index is 1.09. The minimum Gasteiger partial charge on any atom is -0.453 e. The quantitative estimate of drug-likeness (QED) is 0.167. The number of furan rings is 1. The van der Waals surface area contributed by atoms with Gasteiger partial charge in [-0.25, -0.2) is 0 Å². The van der Waals surface area contributed by atoms with Gasteiger partial charge in [-0.1, -0.05) is 182 Å². The largest absolute Gasteiger partial charge is 0.453 e. The number of thiophene rings is 1. The fraction of sp³-hybridized carbons (Fsp3) is 0. The van der Waals surface area contributed by atoms with E-state index < -0.39 is 0 Å². The summed E-state index contributed by atoms with van der Waals surface area (Å²) in [4.78, 5) is 2.39. The molecule has 0 aliphatic rings. The van der Waals surface area contributed by atoms with Crippen molar-refractivity contribution in [1.29, 1.82) is 0 Å². The van der Waals surface area contributed by atoms with Crippen molar-refractivity contribution in [3.8, 4) is 33.4 Å². The third kappa shape index (κ3) is 5.40. The topological polar surface area (TPSA) is 16.4 Å². The molecule has 2 nitrogen and oxygen atoms in total. The molecule has 0 atom stereocenters. The lowest BCUT2D eigenvalue weighted by Gasteiger charge is -2.28. The van der Waals surface area contributed by atoms with Crippen LogP contribution in [0.4, 0.5) is 17.1 Å². The molecule has 0 fully saturated rings. The van der Waals surface area contributed by atoms with Gasteiger partial charge in [0.1, 0.15) is 5.58 Å². The molecule has 0 amide bonds. The van der Waals surface area contributed by atoms with Crippen LogP contribution in [0.5, 0.6) is 0 Å². The maximum absolute atomic E-state index is 7.08. The van der Waals surface area contributed by atoms with Crippen molar-refractivity contribution in [1.82, 2.24) is 0 Å². The van der Waals surface area contributed by atoms with Gasteiger partial charge < -0.3 is 9.32 Å². The average Bonchev–Trinajstić information content (AvgIpc) is 3.89. The first-order chi connectivity index (χ1) is 29.3. The zero-order valence-corrected chi connectivity index (χ0v) is 32.8. The van der Waals surface area contributed by atoms with E-state index in [0.717, 1.165) is 55.5 Å². The second-order valence-corrected chi connectivity index (χ2v) is 16.2. The van der Waals surface area contributed by atoms with Crippen molar-refractivity contribution < 1.29 is 4.42 Å². The Morgan fingerprint density at radius 2 is 0.898 bits per heavy atom. The summed E-state index contributed by atoms with van der Waals surface area (Å²) in [6.45, 7) is 0. The Labute approximate surface area is 345 Å². The first-order valence-corrected chi connectivity index (χ1v) is 20.9. The second-order valence-electron chi connectivity index (χ2n) is 15.2. The third-order valence-electron chi connectivity index (χ3n) is 11.9. The molecule has 59 heavy (non-hydrogen) atoms. The number of para-hydroxylation sites is 2. The Morgan fingerprint density at radius 1 is 0.322 bits per heavy atom. The molecule has 0 saturated carbocycles. The van der Waals surface area contributed by atoms with Crippen LogP contribution in [-0.4, -0.2) is 0 Å². The van der Waals surface area contributed by atoms with E-state index in [4.69, 9.17) is 4.42 Å². The molecule has 276 valence electrons. The Hall–Kier alpha value is -7.46. The molecule has 0 bridgehead atoms. The van der Waals surface area contributed by atoms with Crippen molar-refractivity contribution >= 4 is 92.1 Å². The Morgan fingerprint density at radius 3 is 1.75 bits per heavy atom. The maximum Gasteiger partial charge on any atom is 0.159 e. The summed E-state index contributed by atoms with van der Waals surface area (Å²) in [7, 11) is 0. The van der Waals surface area contributed by atoms with Gasteiger partial charge >= 0.3 is 0 Å². The van der Waals surface area contributed by atoms with E-state index in [1.807, 2.05) is 11.3 Å². The highest BCUT2D eigenvalue weighted by Crippen LogP contribution is 2.48. The minimum absolute atomic E-state index is 0.854. The van der Waals surface area contributed by atoms with E-state index in [1.54, 1.807) is 0 Å². The highest BCUT2D eigenvalue weighted by Gasteiger charge is 2.23. The lowest BCUT2D eigenvalue weighted by Crippen LogP contribution is -2.11. The van der Waals surface area contributed by atoms with Crippen molar-refractivity contribution in [3.05, 3.63) is 212 Å². The van der Waals surface area contributed by atoms with Crippen molar-refractivity contribution in [3.63, 3.8) is 0 Å². The van der Waals surface area contributed by atoms with Crippen molar-refractivity contribution in [2.75, 3.05) is 4.90 Å². The van der Waals surface area contributed by atoms with Gasteiger partial charge in [-0.15, -0.1) is 11.3 Å². The molecule has 2 heterocycles. The molecule has 0 aliphatic heterocycles. The zero-order valence-electron chi connectivity index (χ0n) is 32.0. The van der Waals surface area contributed by atoms with Gasteiger partial charge in [0.25, 0.3) is 0 Å². The zero-order chi connectivity index (χ0) is 38.9. The number of nitrogens with zero attached hydrogens (tertiary/aromatic N) is 1. The number of benzene rings is 10. The van der Waals surface area contributed by atoms with Crippen molar-refractivity contribution in [2.24, 2.45) is 0 Å². The normalized spacial score (nSPS) is 11.7. The number of anilines is 3. The monoisotopic (exact) mass is 769 g/mol. The van der Waals surface area contributed by atoms with Crippen LogP contribution in [0.2, 0.25) is 0 Å². The lowest BCUT2D eigenvalue weighted by atomic mass is 9.93. The van der Waals surface area contributed by atoms with E-state index >= 15 is 0 Å². The fourth-order valence-electron chi connectivity index (χ4n) is 9.17. The Bertz CT molecular complexity index is 3550. The predicted octanol–water partition coefficient (Wildman–Crippen LogP) is 16.7. The molecule has 10 aromatic carbocycles. The third-order valence-corrected chi connectivity index (χ3v) is 13.1. The molecule has 0 N–H and O–H groups in total. The summed E-state index contributed by atoms with van der Waals surface area (Å²) in [5.74, 6) is 0. The van der Waals surface area contributed by atoms with Gasteiger partial charge in [0.2, 0.25) is 0 Å². The van der Waals surface area contributed by atoms with Gasteiger partial charge in [0, 0.05) is 47.6 Å². The number of hydrogen-bond acceptors (Lipinski definition) is 3. The fourth-order valence-corrected chi connectivity index (χ4v) is 10.4. The highest BCUT2D eigenvalue weighted by atomic mass is 32.1. The van der Waals surface area contributed by atoms with Gasteiger partial charge in [-0.2, -0.15) is 0 Å². The molecule has 12 rings (SSSR count). The van der Waals surface area contributed by atoms with Crippen LogP contribution in [0.15, 0.2) is 217 Å². The summed E-state index contributed by atoms with van der Waals surface area (Å²) >= 11 is 1.87. The van der Waals surface area contributed by atoms with Crippen LogP contribution in [0.25, 0.3) is 97.0 Å². The Kier molecular flexibility index (Phi) is 7.75. The molecule has 0 spiro atoms. The standard InChI is InChI=1S/C56H35NOS/c1-2-14-37(15-3-1)41-22-11-25-48-49-26-13-28-52(55(49)58-54(41)48)57(39-32-30-38(31-33-39)42-23-12-27-50-47-21-8-9-29-53(47)59-56(42)50)51-35-34-45(44-19-6-7-20-46(44)51)43-24-10-17-36-16-4-5-18-40(36)43/h1-35H. The summed E-state index contributed by atoms with van der Waals surface area (Å²) in [5.41, 5.74) is 12.0. The van der Waals surface area contributed by atoms with Crippen LogP contribution < -0.4 is 4.90 Å². The van der Waals surface area contributed by atoms with E-state index in [1.165, 1.54) is 58.6 Å². The van der Waals surface area contributed by atoms with Crippen LogP contribution >= 0.6 is 11.3 Å². The molecular weight excluding hydrogens is 735 g/mol.